The van der Waals surface area contributed by atoms with Crippen LogP contribution in [-0.2, 0) is 6.54 Å². The van der Waals surface area contributed by atoms with Crippen LogP contribution in [0.4, 0.5) is 0 Å². The minimum absolute atomic E-state index is 0.558. The number of ether oxygens (including phenoxy) is 4. The Bertz CT molecular complexity index is 1290. The summed E-state index contributed by atoms with van der Waals surface area (Å²) in [6.07, 6.45) is 2.57. The Hall–Kier alpha value is -3.71. The molecular weight excluding hydrogens is 454 g/mol. The number of imidazole rings is 1. The summed E-state index contributed by atoms with van der Waals surface area (Å²) in [5, 5.41) is 0. The van der Waals surface area contributed by atoms with Crippen molar-refractivity contribution < 1.29 is 18.9 Å². The number of nitrogens with zero attached hydrogens (tertiary/aromatic N) is 3. The van der Waals surface area contributed by atoms with Gasteiger partial charge in [-0.05, 0) is 55.8 Å². The van der Waals surface area contributed by atoms with Crippen LogP contribution in [0.5, 0.6) is 23.0 Å². The van der Waals surface area contributed by atoms with E-state index in [1.165, 1.54) is 31.5 Å². The van der Waals surface area contributed by atoms with Gasteiger partial charge in [0.05, 0.1) is 32.4 Å². The molecule has 0 amide bonds. The van der Waals surface area contributed by atoms with Crippen molar-refractivity contribution in [3.63, 3.8) is 0 Å². The first-order valence-corrected chi connectivity index (χ1v) is 12.4. The maximum absolute atomic E-state index is 6.16. The van der Waals surface area contributed by atoms with Crippen molar-refractivity contribution in [2.24, 2.45) is 0 Å². The van der Waals surface area contributed by atoms with Gasteiger partial charge in [0, 0.05) is 24.7 Å². The summed E-state index contributed by atoms with van der Waals surface area (Å²) in [4.78, 5) is 7.48. The van der Waals surface area contributed by atoms with Crippen LogP contribution >= 0.6 is 0 Å². The molecule has 7 nitrogen and oxygen atoms in total. The van der Waals surface area contributed by atoms with Gasteiger partial charge in [-0.25, -0.2) is 4.98 Å². The topological polar surface area (TPSA) is 58.0 Å². The molecule has 5 rings (SSSR count). The average Bonchev–Trinajstić information content (AvgIpc) is 3.56. The Labute approximate surface area is 212 Å². The Balaban J connectivity index is 1.55. The number of benzene rings is 3. The number of methoxy groups -OCH3 is 3. The summed E-state index contributed by atoms with van der Waals surface area (Å²) in [5.74, 6) is 3.42. The highest BCUT2D eigenvalue weighted by atomic mass is 16.5. The van der Waals surface area contributed by atoms with E-state index in [2.05, 4.69) is 39.8 Å². The van der Waals surface area contributed by atoms with Gasteiger partial charge in [0.2, 0.25) is 5.75 Å². The van der Waals surface area contributed by atoms with Crippen LogP contribution in [-0.4, -0.2) is 62.0 Å². The molecule has 188 valence electrons. The van der Waals surface area contributed by atoms with Gasteiger partial charge in [-0.15, -0.1) is 0 Å². The second-order valence-corrected chi connectivity index (χ2v) is 8.97. The summed E-state index contributed by atoms with van der Waals surface area (Å²) < 4.78 is 25.1. The zero-order chi connectivity index (χ0) is 24.9. The van der Waals surface area contributed by atoms with Crippen LogP contribution in [0.25, 0.3) is 22.4 Å². The molecule has 1 aliphatic rings. The first kappa shape index (κ1) is 24.0. The lowest BCUT2D eigenvalue weighted by Crippen LogP contribution is -2.25. The predicted octanol–water partition coefficient (Wildman–Crippen LogP) is 5.25. The summed E-state index contributed by atoms with van der Waals surface area (Å²) in [6, 6.07) is 20.4. The Kier molecular flexibility index (Phi) is 7.28. The highest BCUT2D eigenvalue weighted by molar-refractivity contribution is 5.83. The van der Waals surface area contributed by atoms with Gasteiger partial charge >= 0.3 is 0 Å². The molecule has 1 aliphatic heterocycles. The molecule has 1 saturated heterocycles. The van der Waals surface area contributed by atoms with Crippen LogP contribution in [0.2, 0.25) is 0 Å². The van der Waals surface area contributed by atoms with E-state index in [-0.39, 0.29) is 0 Å². The fourth-order valence-electron chi connectivity index (χ4n) is 4.85. The molecular formula is C29H33N3O4. The Morgan fingerprint density at radius 3 is 2.22 bits per heavy atom. The van der Waals surface area contributed by atoms with Gasteiger partial charge in [0.1, 0.15) is 18.2 Å². The van der Waals surface area contributed by atoms with E-state index >= 15 is 0 Å². The van der Waals surface area contributed by atoms with Crippen LogP contribution in [0.1, 0.15) is 18.4 Å². The highest BCUT2D eigenvalue weighted by Crippen LogP contribution is 2.41. The van der Waals surface area contributed by atoms with E-state index in [0.29, 0.717) is 30.4 Å². The average molecular weight is 488 g/mol. The molecule has 1 fully saturated rings. The van der Waals surface area contributed by atoms with Crippen LogP contribution < -0.4 is 18.9 Å². The molecule has 2 heterocycles. The first-order valence-electron chi connectivity index (χ1n) is 12.4. The number of aromatic nitrogens is 2. The molecule has 0 unspecified atom stereocenters. The zero-order valence-electron chi connectivity index (χ0n) is 21.2. The van der Waals surface area contributed by atoms with Crippen molar-refractivity contribution in [1.82, 2.24) is 14.5 Å². The SMILES string of the molecule is COc1cc(-c2nc3ccc(OCCN4CCCC4)cc3n2Cc2ccccc2)cc(OC)c1OC. The number of hydrogen-bond donors (Lipinski definition) is 0. The Morgan fingerprint density at radius 2 is 1.56 bits per heavy atom. The minimum Gasteiger partial charge on any atom is -0.493 e. The van der Waals surface area contributed by atoms with E-state index in [9.17, 15) is 0 Å². The van der Waals surface area contributed by atoms with E-state index in [1.807, 2.05) is 30.3 Å². The standard InChI is InChI=1S/C29H33N3O4/c1-33-26-17-22(18-27(34-2)28(26)35-3)29-30-24-12-11-23(36-16-15-31-13-7-8-14-31)19-25(24)32(29)20-21-9-5-4-6-10-21/h4-6,9-12,17-19H,7-8,13-16,20H2,1-3H3. The number of rotatable bonds is 10. The van der Waals surface area contributed by atoms with Gasteiger partial charge in [0.15, 0.2) is 11.5 Å². The molecule has 1 aromatic heterocycles. The zero-order valence-corrected chi connectivity index (χ0v) is 21.2. The molecule has 0 spiro atoms. The maximum atomic E-state index is 6.16. The van der Waals surface area contributed by atoms with Gasteiger partial charge in [-0.3, -0.25) is 4.90 Å². The van der Waals surface area contributed by atoms with Crippen LogP contribution in [0.3, 0.4) is 0 Å². The fourth-order valence-corrected chi connectivity index (χ4v) is 4.85. The summed E-state index contributed by atoms with van der Waals surface area (Å²) in [6.45, 7) is 4.64. The van der Waals surface area contributed by atoms with Crippen molar-refractivity contribution in [2.45, 2.75) is 19.4 Å². The second kappa shape index (κ2) is 10.9. The van der Waals surface area contributed by atoms with E-state index < -0.39 is 0 Å². The third kappa shape index (κ3) is 4.97. The maximum Gasteiger partial charge on any atom is 0.203 e. The quantitative estimate of drug-likeness (QED) is 0.304. The van der Waals surface area contributed by atoms with E-state index in [1.54, 1.807) is 21.3 Å². The lowest BCUT2D eigenvalue weighted by molar-refractivity contribution is 0.238. The van der Waals surface area contributed by atoms with Gasteiger partial charge in [-0.2, -0.15) is 0 Å². The lowest BCUT2D eigenvalue weighted by Gasteiger charge is -2.16. The van der Waals surface area contributed by atoms with E-state index in [0.717, 1.165) is 34.7 Å². The normalized spacial score (nSPS) is 13.8. The molecule has 36 heavy (non-hydrogen) atoms. The molecule has 4 aromatic rings. The third-order valence-corrected chi connectivity index (χ3v) is 6.70. The molecule has 0 radical (unpaired) electrons. The van der Waals surface area contributed by atoms with Gasteiger partial charge in [-0.1, -0.05) is 30.3 Å². The molecule has 0 N–H and O–H groups in total. The Morgan fingerprint density at radius 1 is 0.833 bits per heavy atom. The predicted molar refractivity (Wildman–Crippen MR) is 142 cm³/mol. The third-order valence-electron chi connectivity index (χ3n) is 6.70. The first-order chi connectivity index (χ1) is 17.7. The molecule has 3 aromatic carbocycles. The van der Waals surface area contributed by atoms with Crippen molar-refractivity contribution in [1.29, 1.82) is 0 Å². The van der Waals surface area contributed by atoms with Crippen molar-refractivity contribution in [2.75, 3.05) is 47.6 Å². The number of hydrogen-bond acceptors (Lipinski definition) is 6. The largest absolute Gasteiger partial charge is 0.493 e. The smallest absolute Gasteiger partial charge is 0.203 e. The van der Waals surface area contributed by atoms with Crippen molar-refractivity contribution in [3.05, 3.63) is 66.2 Å². The molecule has 7 heteroatoms. The fraction of sp³-hybridized carbons (Fsp3) is 0.345. The summed E-state index contributed by atoms with van der Waals surface area (Å²) >= 11 is 0. The lowest BCUT2D eigenvalue weighted by atomic mass is 10.1. The van der Waals surface area contributed by atoms with Gasteiger partial charge in [0.25, 0.3) is 0 Å². The number of fused-ring (bicyclic) bond motifs is 1. The molecule has 0 aliphatic carbocycles. The monoisotopic (exact) mass is 487 g/mol. The van der Waals surface area contributed by atoms with Crippen molar-refractivity contribution in [3.8, 4) is 34.4 Å². The van der Waals surface area contributed by atoms with E-state index in [4.69, 9.17) is 23.9 Å². The molecule has 0 saturated carbocycles. The number of likely N-dealkylation sites (tertiary alicyclic amines) is 1. The molecule has 0 bridgehead atoms. The highest BCUT2D eigenvalue weighted by Gasteiger charge is 2.20. The summed E-state index contributed by atoms with van der Waals surface area (Å²) in [7, 11) is 4.86. The van der Waals surface area contributed by atoms with Crippen LogP contribution in [0.15, 0.2) is 60.7 Å². The molecule has 0 atom stereocenters. The summed E-state index contributed by atoms with van der Waals surface area (Å²) in [5.41, 5.74) is 3.99. The second-order valence-electron chi connectivity index (χ2n) is 8.97. The van der Waals surface area contributed by atoms with Crippen LogP contribution in [0, 0.1) is 0 Å². The van der Waals surface area contributed by atoms with Gasteiger partial charge < -0.3 is 23.5 Å². The van der Waals surface area contributed by atoms with Crippen molar-refractivity contribution >= 4 is 11.0 Å². The minimum atomic E-state index is 0.558.